The molecule has 8 heteroatoms. The molecule has 1 saturated heterocycles. The van der Waals surface area contributed by atoms with E-state index in [1.807, 2.05) is 26.8 Å². The van der Waals surface area contributed by atoms with Gasteiger partial charge in [0, 0.05) is 24.5 Å². The molecule has 0 atom stereocenters. The number of rotatable bonds is 7. The van der Waals surface area contributed by atoms with E-state index in [1.54, 1.807) is 18.2 Å². The third kappa shape index (κ3) is 5.63. The van der Waals surface area contributed by atoms with Crippen molar-refractivity contribution in [2.24, 2.45) is 0 Å². The molecule has 0 unspecified atom stereocenters. The Kier molecular flexibility index (Phi) is 7.57. The number of nitrogens with zero attached hydrogens (tertiary/aromatic N) is 1. The van der Waals surface area contributed by atoms with Crippen LogP contribution in [-0.2, 0) is 25.3 Å². The van der Waals surface area contributed by atoms with Crippen LogP contribution in [0.4, 0.5) is 5.69 Å². The summed E-state index contributed by atoms with van der Waals surface area (Å²) in [5, 5.41) is 3.00. The van der Waals surface area contributed by atoms with Gasteiger partial charge in [-0.25, -0.2) is 8.42 Å². The number of hydrogen-bond acceptors (Lipinski definition) is 5. The number of hydrogen-bond donors (Lipinski definition) is 1. The number of carbonyl (C=O) groups excluding carboxylic acids is 1. The van der Waals surface area contributed by atoms with Crippen LogP contribution in [0, 0.1) is 20.8 Å². The zero-order valence-electron chi connectivity index (χ0n) is 17.6. The molecule has 6 nitrogen and oxygen atoms in total. The number of anilines is 1. The largest absolute Gasteiger partial charge is 0.379 e. The van der Waals surface area contributed by atoms with E-state index in [-0.39, 0.29) is 10.8 Å². The molecule has 1 aliphatic rings. The molecule has 0 spiro atoms. The van der Waals surface area contributed by atoms with Gasteiger partial charge in [0.15, 0.2) is 0 Å². The van der Waals surface area contributed by atoms with E-state index >= 15 is 0 Å². The summed E-state index contributed by atoms with van der Waals surface area (Å²) >= 11 is 1.46. The quantitative estimate of drug-likeness (QED) is 0.702. The fourth-order valence-electron chi connectivity index (χ4n) is 3.55. The fourth-order valence-corrected chi connectivity index (χ4v) is 5.80. The van der Waals surface area contributed by atoms with Crippen molar-refractivity contribution in [1.29, 1.82) is 0 Å². The van der Waals surface area contributed by atoms with Crippen LogP contribution in [-0.4, -0.2) is 50.7 Å². The van der Waals surface area contributed by atoms with E-state index < -0.39 is 10.0 Å². The molecule has 1 heterocycles. The Morgan fingerprint density at radius 2 is 1.77 bits per heavy atom. The van der Waals surface area contributed by atoms with Crippen molar-refractivity contribution in [2.75, 3.05) is 37.4 Å². The molecule has 2 aromatic carbocycles. The van der Waals surface area contributed by atoms with Crippen LogP contribution < -0.4 is 5.32 Å². The molecule has 1 aliphatic heterocycles. The second kappa shape index (κ2) is 9.96. The lowest BCUT2D eigenvalue weighted by Gasteiger charge is -2.26. The monoisotopic (exact) mass is 448 g/mol. The molecular weight excluding hydrogens is 420 g/mol. The van der Waals surface area contributed by atoms with E-state index in [2.05, 4.69) is 17.4 Å². The van der Waals surface area contributed by atoms with Crippen molar-refractivity contribution in [2.45, 2.75) is 31.4 Å². The number of nitrogens with one attached hydrogen (secondary N) is 1. The number of carbonyl (C=O) groups is 1. The van der Waals surface area contributed by atoms with Crippen LogP contribution in [0.2, 0.25) is 0 Å². The molecule has 0 saturated carbocycles. The zero-order chi connectivity index (χ0) is 21.7. The number of morpholine rings is 1. The Labute approximate surface area is 183 Å². The lowest BCUT2D eigenvalue weighted by Crippen LogP contribution is -2.40. The predicted octanol–water partition coefficient (Wildman–Crippen LogP) is 3.50. The van der Waals surface area contributed by atoms with Crippen LogP contribution >= 0.6 is 11.8 Å². The Hall–Kier alpha value is -1.87. The first kappa shape index (κ1) is 22.8. The Morgan fingerprint density at radius 1 is 1.10 bits per heavy atom. The van der Waals surface area contributed by atoms with Crippen molar-refractivity contribution in [1.82, 2.24) is 4.31 Å². The number of thioether (sulfide) groups is 1. The summed E-state index contributed by atoms with van der Waals surface area (Å²) in [7, 11) is -3.51. The predicted molar refractivity (Wildman–Crippen MR) is 121 cm³/mol. The molecule has 0 bridgehead atoms. The summed E-state index contributed by atoms with van der Waals surface area (Å²) in [6.45, 7) is 7.60. The third-order valence-electron chi connectivity index (χ3n) is 4.95. The Bertz CT molecular complexity index is 993. The number of benzene rings is 2. The highest BCUT2D eigenvalue weighted by molar-refractivity contribution is 7.99. The second-order valence-electron chi connectivity index (χ2n) is 7.48. The SMILES string of the molecule is Cc1cc(C)c(NC(=O)CSCc2cccc(S(=O)(=O)N3CCOCC3)c2)c(C)c1. The molecule has 162 valence electrons. The van der Waals surface area contributed by atoms with Crippen LogP contribution in [0.3, 0.4) is 0 Å². The first-order valence-electron chi connectivity index (χ1n) is 9.89. The van der Waals surface area contributed by atoms with Gasteiger partial charge < -0.3 is 10.1 Å². The maximum absolute atomic E-state index is 12.8. The Balaban J connectivity index is 1.58. The van der Waals surface area contributed by atoms with Crippen LogP contribution in [0.15, 0.2) is 41.3 Å². The van der Waals surface area contributed by atoms with E-state index in [4.69, 9.17) is 4.74 Å². The van der Waals surface area contributed by atoms with E-state index in [9.17, 15) is 13.2 Å². The van der Waals surface area contributed by atoms with E-state index in [0.717, 1.165) is 22.4 Å². The molecule has 1 fully saturated rings. The molecule has 3 rings (SSSR count). The van der Waals surface area contributed by atoms with Gasteiger partial charge in [0.25, 0.3) is 0 Å². The molecule has 1 amide bonds. The second-order valence-corrected chi connectivity index (χ2v) is 10.4. The number of aryl methyl sites for hydroxylation is 3. The van der Waals surface area contributed by atoms with Gasteiger partial charge in [-0.2, -0.15) is 4.31 Å². The summed E-state index contributed by atoms with van der Waals surface area (Å²) in [6.07, 6.45) is 0. The summed E-state index contributed by atoms with van der Waals surface area (Å²) in [5.74, 6) is 0.797. The fraction of sp³-hybridized carbons (Fsp3) is 0.409. The minimum Gasteiger partial charge on any atom is -0.379 e. The Morgan fingerprint density at radius 3 is 2.43 bits per heavy atom. The minimum absolute atomic E-state index is 0.0628. The van der Waals surface area contributed by atoms with Gasteiger partial charge in [0.1, 0.15) is 0 Å². The minimum atomic E-state index is -3.51. The lowest BCUT2D eigenvalue weighted by molar-refractivity contribution is -0.113. The summed E-state index contributed by atoms with van der Waals surface area (Å²) in [4.78, 5) is 12.7. The summed E-state index contributed by atoms with van der Waals surface area (Å²) < 4.78 is 32.3. The maximum Gasteiger partial charge on any atom is 0.243 e. The average Bonchev–Trinajstić information content (AvgIpc) is 2.71. The van der Waals surface area contributed by atoms with Gasteiger partial charge in [0.2, 0.25) is 15.9 Å². The summed E-state index contributed by atoms with van der Waals surface area (Å²) in [6, 6.07) is 11.1. The number of amides is 1. The smallest absolute Gasteiger partial charge is 0.243 e. The number of ether oxygens (including phenoxy) is 1. The average molecular weight is 449 g/mol. The van der Waals surface area contributed by atoms with Crippen molar-refractivity contribution in [3.05, 3.63) is 58.7 Å². The van der Waals surface area contributed by atoms with Gasteiger partial charge in [-0.15, -0.1) is 11.8 Å². The highest BCUT2D eigenvalue weighted by atomic mass is 32.2. The van der Waals surface area contributed by atoms with Crippen molar-refractivity contribution < 1.29 is 17.9 Å². The standard InChI is InChI=1S/C22H28N2O4S2/c1-16-11-17(2)22(18(3)12-16)23-21(25)15-29-14-19-5-4-6-20(13-19)30(26,27)24-7-9-28-10-8-24/h4-6,11-13H,7-10,14-15H2,1-3H3,(H,23,25). The highest BCUT2D eigenvalue weighted by Crippen LogP contribution is 2.23. The first-order valence-corrected chi connectivity index (χ1v) is 12.5. The molecule has 0 radical (unpaired) electrons. The molecule has 0 aliphatic carbocycles. The molecular formula is C22H28N2O4S2. The summed E-state index contributed by atoms with van der Waals surface area (Å²) in [5.41, 5.74) is 5.01. The van der Waals surface area contributed by atoms with Crippen LogP contribution in [0.25, 0.3) is 0 Å². The molecule has 1 N–H and O–H groups in total. The van der Waals surface area contributed by atoms with Crippen molar-refractivity contribution >= 4 is 33.4 Å². The topological polar surface area (TPSA) is 75.7 Å². The molecule has 0 aromatic heterocycles. The normalized spacial score (nSPS) is 15.2. The highest BCUT2D eigenvalue weighted by Gasteiger charge is 2.26. The van der Waals surface area contributed by atoms with Gasteiger partial charge >= 0.3 is 0 Å². The first-order chi connectivity index (χ1) is 14.3. The third-order valence-corrected chi connectivity index (χ3v) is 7.85. The van der Waals surface area contributed by atoms with Gasteiger partial charge in [0.05, 0.1) is 23.9 Å². The molecule has 30 heavy (non-hydrogen) atoms. The van der Waals surface area contributed by atoms with E-state index in [0.29, 0.717) is 37.8 Å². The van der Waals surface area contributed by atoms with Crippen molar-refractivity contribution in [3.8, 4) is 0 Å². The van der Waals surface area contributed by atoms with Crippen molar-refractivity contribution in [3.63, 3.8) is 0 Å². The maximum atomic E-state index is 12.8. The number of sulfonamides is 1. The van der Waals surface area contributed by atoms with E-state index in [1.165, 1.54) is 21.6 Å². The zero-order valence-corrected chi connectivity index (χ0v) is 19.2. The van der Waals surface area contributed by atoms with Gasteiger partial charge in [-0.1, -0.05) is 29.8 Å². The lowest BCUT2D eigenvalue weighted by atomic mass is 10.1. The van der Waals surface area contributed by atoms with Gasteiger partial charge in [-0.3, -0.25) is 4.79 Å². The van der Waals surface area contributed by atoms with Crippen LogP contribution in [0.5, 0.6) is 0 Å². The molecule has 2 aromatic rings. The van der Waals surface area contributed by atoms with Gasteiger partial charge in [-0.05, 0) is 49.6 Å². The van der Waals surface area contributed by atoms with Crippen LogP contribution in [0.1, 0.15) is 22.3 Å².